The lowest BCUT2D eigenvalue weighted by molar-refractivity contribution is -0.146. The van der Waals surface area contributed by atoms with Crippen molar-refractivity contribution in [1.29, 1.82) is 0 Å². The Morgan fingerprint density at radius 2 is 2.30 bits per heavy atom. The van der Waals surface area contributed by atoms with Gasteiger partial charge in [-0.05, 0) is 6.42 Å². The number of rotatable bonds is 4. The number of carbonyl (C=O) groups excluding carboxylic acids is 1. The van der Waals surface area contributed by atoms with Crippen molar-refractivity contribution in [3.63, 3.8) is 0 Å². The highest BCUT2D eigenvalue weighted by molar-refractivity contribution is 6.17. The lowest BCUT2D eigenvalue weighted by Gasteiger charge is -2.06. The van der Waals surface area contributed by atoms with Gasteiger partial charge in [-0.3, -0.25) is 4.79 Å². The van der Waals surface area contributed by atoms with Gasteiger partial charge < -0.3 is 4.74 Å². The summed E-state index contributed by atoms with van der Waals surface area (Å²) in [6.07, 6.45) is 1.87. The first-order valence-corrected chi connectivity index (χ1v) is 3.98. The number of alkyl halides is 1. The molecule has 2 nitrogen and oxygen atoms in total. The van der Waals surface area contributed by atoms with Crippen molar-refractivity contribution in [2.24, 2.45) is 5.92 Å². The van der Waals surface area contributed by atoms with Crippen molar-refractivity contribution in [2.45, 2.75) is 26.7 Å². The quantitative estimate of drug-likeness (QED) is 0.470. The van der Waals surface area contributed by atoms with Gasteiger partial charge in [0.2, 0.25) is 0 Å². The third-order valence-electron chi connectivity index (χ3n) is 1.32. The van der Waals surface area contributed by atoms with E-state index in [4.69, 9.17) is 11.6 Å². The summed E-state index contributed by atoms with van der Waals surface area (Å²) in [6, 6.07) is -0.0348. The molecule has 0 fully saturated rings. The molecule has 3 heteroatoms. The van der Waals surface area contributed by atoms with E-state index in [1.165, 1.54) is 0 Å². The molecule has 0 rings (SSSR count). The number of hydrogen-bond donors (Lipinski definition) is 0. The molecular weight excluding hydrogens is 152 g/mol. The molecule has 0 aromatic heterocycles. The van der Waals surface area contributed by atoms with Crippen LogP contribution in [0.2, 0.25) is 0 Å². The van der Waals surface area contributed by atoms with Gasteiger partial charge in [-0.15, -0.1) is 0 Å². The second-order valence-electron chi connectivity index (χ2n) is 2.26. The van der Waals surface area contributed by atoms with Gasteiger partial charge in [-0.2, -0.15) is 0 Å². The molecule has 1 atom stereocenters. The van der Waals surface area contributed by atoms with Gasteiger partial charge in [0.25, 0.3) is 0 Å². The predicted molar refractivity (Wildman–Crippen MR) is 40.9 cm³/mol. The first-order valence-electron chi connectivity index (χ1n) is 3.45. The third kappa shape index (κ3) is 3.72. The van der Waals surface area contributed by atoms with E-state index in [0.717, 1.165) is 12.8 Å². The van der Waals surface area contributed by atoms with Crippen molar-refractivity contribution < 1.29 is 9.53 Å². The zero-order valence-corrected chi connectivity index (χ0v) is 7.15. The van der Waals surface area contributed by atoms with Crippen LogP contribution in [-0.2, 0) is 9.53 Å². The van der Waals surface area contributed by atoms with Crippen LogP contribution in [0.5, 0.6) is 0 Å². The standard InChI is InChI=1S/C7H13ClO2/c1-3-4-6(2)7(9)10-5-8/h6H,3-5H2,1-2H3. The number of ether oxygens (including phenoxy) is 1. The Morgan fingerprint density at radius 1 is 1.70 bits per heavy atom. The van der Waals surface area contributed by atoms with Gasteiger partial charge in [0.05, 0.1) is 5.92 Å². The topological polar surface area (TPSA) is 26.3 Å². The maximum atomic E-state index is 10.8. The minimum Gasteiger partial charge on any atom is -0.449 e. The van der Waals surface area contributed by atoms with E-state index in [9.17, 15) is 4.79 Å². The smallest absolute Gasteiger partial charge is 0.309 e. The molecule has 0 aromatic rings. The van der Waals surface area contributed by atoms with Crippen LogP contribution in [0.3, 0.4) is 0 Å². The maximum absolute atomic E-state index is 10.8. The third-order valence-corrected chi connectivity index (χ3v) is 1.43. The average Bonchev–Trinajstić information content (AvgIpc) is 1.89. The van der Waals surface area contributed by atoms with Gasteiger partial charge in [0, 0.05) is 0 Å². The highest BCUT2D eigenvalue weighted by Crippen LogP contribution is 2.06. The summed E-state index contributed by atoms with van der Waals surface area (Å²) in [5.74, 6) is -0.208. The molecule has 0 heterocycles. The minimum atomic E-state index is -0.197. The van der Waals surface area contributed by atoms with E-state index in [2.05, 4.69) is 4.74 Å². The van der Waals surface area contributed by atoms with E-state index >= 15 is 0 Å². The first kappa shape index (κ1) is 9.76. The van der Waals surface area contributed by atoms with Crippen molar-refractivity contribution in [2.75, 3.05) is 6.07 Å². The molecule has 0 aliphatic rings. The van der Waals surface area contributed by atoms with Crippen LogP contribution in [-0.4, -0.2) is 12.0 Å². The maximum Gasteiger partial charge on any atom is 0.309 e. The van der Waals surface area contributed by atoms with Crippen LogP contribution in [0, 0.1) is 5.92 Å². The predicted octanol–water partition coefficient (Wildman–Crippen LogP) is 2.16. The Bertz CT molecular complexity index is 104. The second kappa shape index (κ2) is 5.54. The van der Waals surface area contributed by atoms with E-state index in [-0.39, 0.29) is 18.0 Å². The van der Waals surface area contributed by atoms with Crippen LogP contribution in [0.4, 0.5) is 0 Å². The summed E-state index contributed by atoms with van der Waals surface area (Å²) in [7, 11) is 0. The molecule has 1 unspecified atom stereocenters. The number of carbonyl (C=O) groups is 1. The fourth-order valence-electron chi connectivity index (χ4n) is 0.747. The lowest BCUT2D eigenvalue weighted by Crippen LogP contribution is -2.13. The number of hydrogen-bond acceptors (Lipinski definition) is 2. The Kier molecular flexibility index (Phi) is 5.40. The molecule has 0 aliphatic carbocycles. The number of esters is 1. The van der Waals surface area contributed by atoms with Crippen LogP contribution in [0.15, 0.2) is 0 Å². The average molecular weight is 165 g/mol. The Hall–Kier alpha value is -0.240. The van der Waals surface area contributed by atoms with Gasteiger partial charge in [0.1, 0.15) is 0 Å². The molecule has 0 radical (unpaired) electrons. The zero-order valence-electron chi connectivity index (χ0n) is 6.39. The molecule has 0 bridgehead atoms. The van der Waals surface area contributed by atoms with Crippen molar-refractivity contribution in [3.05, 3.63) is 0 Å². The van der Waals surface area contributed by atoms with Crippen molar-refractivity contribution >= 4 is 17.6 Å². The molecule has 0 aliphatic heterocycles. The first-order chi connectivity index (χ1) is 4.72. The number of halogens is 1. The summed E-state index contributed by atoms with van der Waals surface area (Å²) in [4.78, 5) is 10.8. The molecule has 0 N–H and O–H groups in total. The Labute approximate surface area is 66.5 Å². The van der Waals surface area contributed by atoms with Crippen molar-refractivity contribution in [1.82, 2.24) is 0 Å². The van der Waals surface area contributed by atoms with Crippen LogP contribution >= 0.6 is 11.6 Å². The van der Waals surface area contributed by atoms with E-state index in [0.29, 0.717) is 0 Å². The SMILES string of the molecule is CCCC(C)C(=O)OCCl. The fourth-order valence-corrected chi connectivity index (χ4v) is 0.854. The summed E-state index contributed by atoms with van der Waals surface area (Å²) in [5.41, 5.74) is 0. The highest BCUT2D eigenvalue weighted by Gasteiger charge is 2.11. The zero-order chi connectivity index (χ0) is 7.98. The fraction of sp³-hybridized carbons (Fsp3) is 0.857. The summed E-state index contributed by atoms with van der Waals surface area (Å²) >= 11 is 5.20. The van der Waals surface area contributed by atoms with E-state index < -0.39 is 0 Å². The molecule has 0 spiro atoms. The monoisotopic (exact) mass is 164 g/mol. The summed E-state index contributed by atoms with van der Waals surface area (Å²) < 4.78 is 4.58. The van der Waals surface area contributed by atoms with E-state index in [1.807, 2.05) is 13.8 Å². The van der Waals surface area contributed by atoms with Gasteiger partial charge >= 0.3 is 5.97 Å². The normalized spacial score (nSPS) is 12.7. The van der Waals surface area contributed by atoms with Crippen LogP contribution in [0.1, 0.15) is 26.7 Å². The van der Waals surface area contributed by atoms with Gasteiger partial charge in [-0.1, -0.05) is 31.9 Å². The molecule has 0 saturated carbocycles. The minimum absolute atomic E-state index is 0.0104. The molecule has 0 saturated heterocycles. The van der Waals surface area contributed by atoms with Crippen LogP contribution < -0.4 is 0 Å². The van der Waals surface area contributed by atoms with Crippen molar-refractivity contribution in [3.8, 4) is 0 Å². The Balaban J connectivity index is 3.49. The summed E-state index contributed by atoms with van der Waals surface area (Å²) in [5, 5.41) is 0. The molecule has 0 aromatic carbocycles. The molecule has 10 heavy (non-hydrogen) atoms. The molecule has 60 valence electrons. The van der Waals surface area contributed by atoms with Gasteiger partial charge in [0.15, 0.2) is 6.07 Å². The summed E-state index contributed by atoms with van der Waals surface area (Å²) in [6.45, 7) is 3.88. The largest absolute Gasteiger partial charge is 0.449 e. The van der Waals surface area contributed by atoms with E-state index in [1.54, 1.807) is 0 Å². The molecular formula is C7H13ClO2. The Morgan fingerprint density at radius 3 is 2.70 bits per heavy atom. The lowest BCUT2D eigenvalue weighted by atomic mass is 10.1. The van der Waals surface area contributed by atoms with Crippen LogP contribution in [0.25, 0.3) is 0 Å². The second-order valence-corrected chi connectivity index (χ2v) is 2.48. The van der Waals surface area contributed by atoms with Gasteiger partial charge in [-0.25, -0.2) is 0 Å². The highest BCUT2D eigenvalue weighted by atomic mass is 35.5. The molecule has 0 amide bonds.